The molecular formula is C25H47NO4. The van der Waals surface area contributed by atoms with E-state index in [-0.39, 0.29) is 24.0 Å². The molecule has 0 aromatic heterocycles. The highest BCUT2D eigenvalue weighted by molar-refractivity contribution is 5.75. The van der Waals surface area contributed by atoms with Gasteiger partial charge in [0.2, 0.25) is 0 Å². The van der Waals surface area contributed by atoms with Crippen LogP contribution in [0.1, 0.15) is 81.2 Å². The highest BCUT2D eigenvalue weighted by Crippen LogP contribution is 2.06. The van der Waals surface area contributed by atoms with E-state index in [0.717, 1.165) is 12.3 Å². The first kappa shape index (κ1) is 32.9. The summed E-state index contributed by atoms with van der Waals surface area (Å²) in [5, 5.41) is 0. The number of benzene rings is 1. The number of Topliss-reactive ketones (excluding diaryl/α,β-unsaturated/α-hetero) is 1. The van der Waals surface area contributed by atoms with Crippen molar-refractivity contribution in [3.8, 4) is 0 Å². The molecule has 176 valence electrons. The summed E-state index contributed by atoms with van der Waals surface area (Å²) in [5.41, 5.74) is 6.45. The number of carbonyl (C=O) groups is 2. The number of esters is 1. The van der Waals surface area contributed by atoms with Crippen LogP contribution in [0.2, 0.25) is 0 Å². The van der Waals surface area contributed by atoms with Crippen molar-refractivity contribution in [1.82, 2.24) is 0 Å². The average Bonchev–Trinajstić information content (AvgIpc) is 2.54. The molecule has 1 aromatic carbocycles. The van der Waals surface area contributed by atoms with Crippen molar-refractivity contribution >= 4 is 11.8 Å². The molecule has 1 aromatic rings. The first-order valence-corrected chi connectivity index (χ1v) is 10.8. The molecule has 0 saturated carbocycles. The van der Waals surface area contributed by atoms with Gasteiger partial charge in [0.25, 0.3) is 0 Å². The lowest BCUT2D eigenvalue weighted by Gasteiger charge is -2.02. The van der Waals surface area contributed by atoms with Crippen molar-refractivity contribution in [3.63, 3.8) is 0 Å². The number of ketones is 1. The quantitative estimate of drug-likeness (QED) is 0.442. The van der Waals surface area contributed by atoms with Gasteiger partial charge in [-0.15, -0.1) is 0 Å². The van der Waals surface area contributed by atoms with Crippen LogP contribution >= 0.6 is 0 Å². The molecule has 0 heterocycles. The van der Waals surface area contributed by atoms with Gasteiger partial charge in [-0.05, 0) is 58.4 Å². The number of carbonyl (C=O) groups excluding carboxylic acids is 2. The summed E-state index contributed by atoms with van der Waals surface area (Å²) >= 11 is 0. The maximum absolute atomic E-state index is 10.3. The fraction of sp³-hybridized carbons (Fsp3) is 0.680. The molecule has 0 spiro atoms. The fourth-order valence-electron chi connectivity index (χ4n) is 2.18. The Morgan fingerprint density at radius 1 is 0.833 bits per heavy atom. The Kier molecular flexibility index (Phi) is 24.1. The molecule has 2 N–H and O–H groups in total. The van der Waals surface area contributed by atoms with Crippen molar-refractivity contribution in [2.24, 2.45) is 17.6 Å². The maximum atomic E-state index is 10.3. The third-order valence-electron chi connectivity index (χ3n) is 3.01. The highest BCUT2D eigenvalue weighted by atomic mass is 16.5. The van der Waals surface area contributed by atoms with Gasteiger partial charge in [-0.3, -0.25) is 4.79 Å². The Morgan fingerprint density at radius 2 is 1.33 bits per heavy atom. The van der Waals surface area contributed by atoms with E-state index in [0.29, 0.717) is 12.6 Å². The minimum atomic E-state index is -0.213. The van der Waals surface area contributed by atoms with Crippen LogP contribution in [-0.4, -0.2) is 30.7 Å². The monoisotopic (exact) mass is 425 g/mol. The molecule has 30 heavy (non-hydrogen) atoms. The largest absolute Gasteiger partial charge is 0.463 e. The second-order valence-corrected chi connectivity index (χ2v) is 8.42. The van der Waals surface area contributed by atoms with Crippen LogP contribution in [0.3, 0.4) is 0 Å². The number of hydrogen-bond donors (Lipinski definition) is 1. The molecule has 0 atom stereocenters. The summed E-state index contributed by atoms with van der Waals surface area (Å²) < 4.78 is 9.43. The van der Waals surface area contributed by atoms with Crippen molar-refractivity contribution < 1.29 is 19.1 Å². The molecule has 0 fully saturated rings. The SMILES string of the molecule is CC(=O)CC(C)C.CC(=O)OC(C)C.CC(C)Cc1ccccc1.CC(C)OCN. The zero-order valence-electron chi connectivity index (χ0n) is 21.0. The van der Waals surface area contributed by atoms with Crippen LogP contribution in [0.25, 0.3) is 0 Å². The van der Waals surface area contributed by atoms with Crippen molar-refractivity contribution in [3.05, 3.63) is 35.9 Å². The third-order valence-corrected chi connectivity index (χ3v) is 3.01. The van der Waals surface area contributed by atoms with Crippen molar-refractivity contribution in [1.29, 1.82) is 0 Å². The van der Waals surface area contributed by atoms with Crippen LogP contribution in [0.15, 0.2) is 30.3 Å². The summed E-state index contributed by atoms with van der Waals surface area (Å²) in [6, 6.07) is 10.6. The Hall–Kier alpha value is -1.72. The topological polar surface area (TPSA) is 78.6 Å². The lowest BCUT2D eigenvalue weighted by Crippen LogP contribution is -2.10. The lowest BCUT2D eigenvalue weighted by atomic mass is 10.0. The average molecular weight is 426 g/mol. The van der Waals surface area contributed by atoms with Gasteiger partial charge >= 0.3 is 5.97 Å². The molecule has 0 amide bonds. The van der Waals surface area contributed by atoms with E-state index < -0.39 is 0 Å². The predicted octanol–water partition coefficient (Wildman–Crippen LogP) is 5.79. The number of hydrogen-bond acceptors (Lipinski definition) is 5. The Bertz CT molecular complexity index is 491. The van der Waals surface area contributed by atoms with Gasteiger partial charge in [0, 0.05) is 13.3 Å². The molecule has 5 heteroatoms. The summed E-state index contributed by atoms with van der Waals surface area (Å²) in [6.45, 7) is 19.5. The van der Waals surface area contributed by atoms with E-state index in [4.69, 9.17) is 10.5 Å². The summed E-state index contributed by atoms with van der Waals surface area (Å²) in [4.78, 5) is 20.3. The summed E-state index contributed by atoms with van der Waals surface area (Å²) in [6.07, 6.45) is 2.22. The maximum Gasteiger partial charge on any atom is 0.302 e. The minimum Gasteiger partial charge on any atom is -0.463 e. The fourth-order valence-corrected chi connectivity index (χ4v) is 2.18. The molecular weight excluding hydrogens is 378 g/mol. The van der Waals surface area contributed by atoms with Gasteiger partial charge in [-0.1, -0.05) is 58.0 Å². The van der Waals surface area contributed by atoms with E-state index in [1.165, 1.54) is 18.9 Å². The first-order valence-electron chi connectivity index (χ1n) is 10.8. The number of ether oxygens (including phenoxy) is 2. The van der Waals surface area contributed by atoms with E-state index in [1.807, 2.05) is 41.5 Å². The number of nitrogens with two attached hydrogens (primary N) is 1. The third kappa shape index (κ3) is 37.1. The first-order chi connectivity index (χ1) is 13.8. The molecule has 0 aliphatic carbocycles. The van der Waals surface area contributed by atoms with E-state index in [1.54, 1.807) is 6.92 Å². The van der Waals surface area contributed by atoms with Crippen LogP contribution in [0.4, 0.5) is 0 Å². The van der Waals surface area contributed by atoms with Crippen LogP contribution in [-0.2, 0) is 25.5 Å². The molecule has 0 radical (unpaired) electrons. The lowest BCUT2D eigenvalue weighted by molar-refractivity contribution is -0.144. The molecule has 0 saturated heterocycles. The second-order valence-electron chi connectivity index (χ2n) is 8.42. The van der Waals surface area contributed by atoms with Gasteiger partial charge in [0.15, 0.2) is 0 Å². The van der Waals surface area contributed by atoms with E-state index in [2.05, 4.69) is 48.9 Å². The Morgan fingerprint density at radius 3 is 1.50 bits per heavy atom. The zero-order valence-corrected chi connectivity index (χ0v) is 21.0. The smallest absolute Gasteiger partial charge is 0.302 e. The van der Waals surface area contributed by atoms with Gasteiger partial charge < -0.3 is 20.0 Å². The predicted molar refractivity (Wildman–Crippen MR) is 127 cm³/mol. The molecule has 5 nitrogen and oxygen atoms in total. The molecule has 0 unspecified atom stereocenters. The van der Waals surface area contributed by atoms with Gasteiger partial charge in [0.05, 0.1) is 18.9 Å². The summed E-state index contributed by atoms with van der Waals surface area (Å²) in [7, 11) is 0. The second kappa shape index (κ2) is 22.0. The molecule has 1 rings (SSSR count). The summed E-state index contributed by atoms with van der Waals surface area (Å²) in [5.74, 6) is 1.37. The van der Waals surface area contributed by atoms with Crippen molar-refractivity contribution in [2.75, 3.05) is 6.73 Å². The minimum absolute atomic E-state index is 0.0255. The molecule has 0 aliphatic rings. The molecule has 0 bridgehead atoms. The molecule has 0 aliphatic heterocycles. The Labute approximate surface area is 185 Å². The Balaban J connectivity index is -0.000000332. The standard InChI is InChI=1S/C10H14.C6H12O.C5H10O2.C4H11NO/c1-9(2)8-10-6-4-3-5-7-10;1-5(2)4-6(3)7;1-4(2)7-5(3)6;1-4(2)6-3-5/h3-7,9H,8H2,1-2H3;5H,4H2,1-3H3;4H,1-3H3;4H,3,5H2,1-2H3. The van der Waals surface area contributed by atoms with Crippen LogP contribution in [0.5, 0.6) is 0 Å². The van der Waals surface area contributed by atoms with E-state index in [9.17, 15) is 9.59 Å². The van der Waals surface area contributed by atoms with Crippen molar-refractivity contribution in [2.45, 2.75) is 94.3 Å². The van der Waals surface area contributed by atoms with E-state index >= 15 is 0 Å². The van der Waals surface area contributed by atoms with Gasteiger partial charge in [0.1, 0.15) is 5.78 Å². The van der Waals surface area contributed by atoms with Gasteiger partial charge in [-0.2, -0.15) is 0 Å². The van der Waals surface area contributed by atoms with Gasteiger partial charge in [-0.25, -0.2) is 0 Å². The van der Waals surface area contributed by atoms with Crippen LogP contribution in [0, 0.1) is 11.8 Å². The number of rotatable bonds is 7. The zero-order chi connectivity index (χ0) is 24.1. The highest BCUT2D eigenvalue weighted by Gasteiger charge is 1.96. The normalized spacial score (nSPS) is 9.83. The van der Waals surface area contributed by atoms with Crippen LogP contribution < -0.4 is 5.73 Å².